The Balaban J connectivity index is 1.41. The van der Waals surface area contributed by atoms with Gasteiger partial charge in [-0.2, -0.15) is 4.31 Å². The Morgan fingerprint density at radius 3 is 2.31 bits per heavy atom. The molecule has 9 heteroatoms. The van der Waals surface area contributed by atoms with E-state index in [1.807, 2.05) is 49.4 Å². The van der Waals surface area contributed by atoms with Crippen molar-refractivity contribution in [2.24, 2.45) is 0 Å². The molecular weight excluding hydrogens is 408 g/mol. The maximum Gasteiger partial charge on any atom is 0.288 e. The Hall–Kier alpha value is -2.33. The van der Waals surface area contributed by atoms with Crippen molar-refractivity contribution in [3.05, 3.63) is 65.0 Å². The summed E-state index contributed by atoms with van der Waals surface area (Å²) in [5.41, 5.74) is 1.90. The molecule has 0 spiro atoms. The van der Waals surface area contributed by atoms with Crippen molar-refractivity contribution in [1.29, 1.82) is 0 Å². The highest BCUT2D eigenvalue weighted by atomic mass is 32.2. The summed E-state index contributed by atoms with van der Waals surface area (Å²) in [6.07, 6.45) is 0. The van der Waals surface area contributed by atoms with Gasteiger partial charge in [-0.15, -0.1) is 5.10 Å². The molecule has 2 aromatic carbocycles. The number of aromatic nitrogens is 2. The summed E-state index contributed by atoms with van der Waals surface area (Å²) in [6, 6.07) is 16.6. The summed E-state index contributed by atoms with van der Waals surface area (Å²) >= 11 is 5.30. The van der Waals surface area contributed by atoms with Crippen LogP contribution in [-0.2, 0) is 16.7 Å². The van der Waals surface area contributed by atoms with Gasteiger partial charge in [-0.1, -0.05) is 35.9 Å². The highest BCUT2D eigenvalue weighted by Crippen LogP contribution is 2.20. The molecule has 0 bridgehead atoms. The quantitative estimate of drug-likeness (QED) is 0.579. The molecule has 1 aliphatic heterocycles. The van der Waals surface area contributed by atoms with E-state index in [1.165, 1.54) is 4.31 Å². The fourth-order valence-corrected chi connectivity index (χ4v) is 4.85. The topological polar surface area (TPSA) is 71.6 Å². The molecule has 29 heavy (non-hydrogen) atoms. The molecule has 2 heterocycles. The van der Waals surface area contributed by atoms with Crippen molar-refractivity contribution in [2.45, 2.75) is 18.5 Å². The number of nitrogens with zero attached hydrogens (tertiary/aromatic N) is 4. The molecule has 1 fully saturated rings. The molecule has 0 saturated carbocycles. The Kier molecular flexibility index (Phi) is 5.64. The van der Waals surface area contributed by atoms with Crippen molar-refractivity contribution in [2.75, 3.05) is 26.2 Å². The molecule has 0 radical (unpaired) electrons. The molecule has 4 rings (SSSR count). The fraction of sp³-hybridized carbons (Fsp3) is 0.300. The first-order chi connectivity index (χ1) is 13.9. The van der Waals surface area contributed by atoms with Gasteiger partial charge in [-0.25, -0.2) is 13.1 Å². The highest BCUT2D eigenvalue weighted by Gasteiger charge is 2.28. The van der Waals surface area contributed by atoms with Gasteiger partial charge in [0, 0.05) is 31.7 Å². The summed E-state index contributed by atoms with van der Waals surface area (Å²) in [7, 11) is -3.47. The Labute approximate surface area is 175 Å². The van der Waals surface area contributed by atoms with E-state index in [-0.39, 0.29) is 0 Å². The number of aryl methyl sites for hydroxylation is 1. The van der Waals surface area contributed by atoms with Gasteiger partial charge in [0.25, 0.3) is 4.84 Å². The predicted molar refractivity (Wildman–Crippen MR) is 112 cm³/mol. The van der Waals surface area contributed by atoms with Gasteiger partial charge >= 0.3 is 0 Å². The highest BCUT2D eigenvalue weighted by molar-refractivity contribution is 7.89. The maximum atomic E-state index is 12.8. The van der Waals surface area contributed by atoms with Crippen molar-refractivity contribution >= 4 is 22.2 Å². The monoisotopic (exact) mass is 430 g/mol. The number of benzene rings is 2. The van der Waals surface area contributed by atoms with Crippen molar-refractivity contribution in [3.63, 3.8) is 0 Å². The van der Waals surface area contributed by atoms with Crippen molar-refractivity contribution in [3.8, 4) is 11.5 Å². The van der Waals surface area contributed by atoms with Crippen LogP contribution in [0.1, 0.15) is 5.56 Å². The third-order valence-electron chi connectivity index (χ3n) is 4.95. The second-order valence-electron chi connectivity index (χ2n) is 7.02. The summed E-state index contributed by atoms with van der Waals surface area (Å²) in [5, 5.41) is 4.47. The zero-order valence-electron chi connectivity index (χ0n) is 16.1. The molecule has 7 nitrogen and oxygen atoms in total. The Morgan fingerprint density at radius 2 is 1.66 bits per heavy atom. The van der Waals surface area contributed by atoms with Crippen molar-refractivity contribution in [1.82, 2.24) is 19.0 Å². The Bertz CT molecular complexity index is 1130. The number of sulfonamides is 1. The lowest BCUT2D eigenvalue weighted by Crippen LogP contribution is -2.48. The zero-order valence-corrected chi connectivity index (χ0v) is 17.7. The molecule has 0 N–H and O–H groups in total. The van der Waals surface area contributed by atoms with Crippen LogP contribution in [0.15, 0.2) is 63.9 Å². The molecule has 0 amide bonds. The van der Waals surface area contributed by atoms with Crippen LogP contribution in [0, 0.1) is 11.8 Å². The third kappa shape index (κ3) is 4.32. The van der Waals surface area contributed by atoms with Crippen LogP contribution in [0.25, 0.3) is 11.5 Å². The second-order valence-corrected chi connectivity index (χ2v) is 9.30. The maximum absolute atomic E-state index is 12.8. The van der Waals surface area contributed by atoms with Gasteiger partial charge in [0.2, 0.25) is 15.9 Å². The molecule has 0 aliphatic carbocycles. The minimum absolute atomic E-state index is 0.304. The summed E-state index contributed by atoms with van der Waals surface area (Å²) in [4.78, 5) is 2.76. The first-order valence-electron chi connectivity index (χ1n) is 9.36. The average Bonchev–Trinajstić information content (AvgIpc) is 3.10. The van der Waals surface area contributed by atoms with E-state index in [0.717, 1.165) is 11.1 Å². The minimum atomic E-state index is -3.47. The lowest BCUT2D eigenvalue weighted by atomic mass is 10.2. The van der Waals surface area contributed by atoms with Gasteiger partial charge in [-0.3, -0.25) is 4.90 Å². The van der Waals surface area contributed by atoms with Crippen LogP contribution in [0.3, 0.4) is 0 Å². The average molecular weight is 431 g/mol. The van der Waals surface area contributed by atoms with E-state index in [4.69, 9.17) is 16.6 Å². The van der Waals surface area contributed by atoms with Gasteiger partial charge in [0.05, 0.1) is 11.6 Å². The number of rotatable bonds is 5. The predicted octanol–water partition coefficient (Wildman–Crippen LogP) is 3.15. The molecular formula is C20H22N4O3S2. The van der Waals surface area contributed by atoms with Crippen LogP contribution < -0.4 is 0 Å². The third-order valence-corrected chi connectivity index (χ3v) is 7.16. The van der Waals surface area contributed by atoms with E-state index in [2.05, 4.69) is 10.00 Å². The van der Waals surface area contributed by atoms with Crippen LogP contribution in [0.2, 0.25) is 0 Å². The van der Waals surface area contributed by atoms with Crippen molar-refractivity contribution < 1.29 is 12.8 Å². The first kappa shape index (κ1) is 20.0. The van der Waals surface area contributed by atoms with Gasteiger partial charge in [-0.05, 0) is 43.4 Å². The second kappa shape index (κ2) is 8.19. The van der Waals surface area contributed by atoms with Gasteiger partial charge < -0.3 is 4.42 Å². The molecule has 1 aromatic heterocycles. The number of hydrogen-bond donors (Lipinski definition) is 0. The molecule has 0 unspecified atom stereocenters. The molecule has 1 aliphatic rings. The molecule has 0 atom stereocenters. The number of hydrogen-bond acceptors (Lipinski definition) is 6. The van der Waals surface area contributed by atoms with E-state index < -0.39 is 10.0 Å². The van der Waals surface area contributed by atoms with Gasteiger partial charge in [0.1, 0.15) is 0 Å². The summed E-state index contributed by atoms with van der Waals surface area (Å²) in [6.45, 7) is 4.45. The summed E-state index contributed by atoms with van der Waals surface area (Å²) in [5.74, 6) is 0.483. The lowest BCUT2D eigenvalue weighted by molar-refractivity contribution is 0.143. The smallest absolute Gasteiger partial charge is 0.288 e. The van der Waals surface area contributed by atoms with E-state index in [9.17, 15) is 8.42 Å². The molecule has 152 valence electrons. The van der Waals surface area contributed by atoms with Crippen LogP contribution in [0.5, 0.6) is 0 Å². The van der Waals surface area contributed by atoms with E-state index >= 15 is 0 Å². The van der Waals surface area contributed by atoms with Crippen LogP contribution >= 0.6 is 12.2 Å². The fourth-order valence-electron chi connectivity index (χ4n) is 3.25. The standard InChI is InChI=1S/C20H22N4O3S2/c1-16-7-9-18(10-8-16)29(25,26)23-13-11-22(12-14-23)15-24-20(28)27-19(21-24)17-5-3-2-4-6-17/h2-10H,11-15H2,1H3. The largest absolute Gasteiger partial charge is 0.409 e. The summed E-state index contributed by atoms with van der Waals surface area (Å²) < 4.78 is 34.5. The Morgan fingerprint density at radius 1 is 1.00 bits per heavy atom. The first-order valence-corrected chi connectivity index (χ1v) is 11.2. The molecule has 3 aromatic rings. The number of piperazine rings is 1. The lowest BCUT2D eigenvalue weighted by Gasteiger charge is -2.33. The molecule has 1 saturated heterocycles. The van der Waals surface area contributed by atoms with E-state index in [0.29, 0.717) is 48.5 Å². The van der Waals surface area contributed by atoms with Crippen LogP contribution in [0.4, 0.5) is 0 Å². The minimum Gasteiger partial charge on any atom is -0.409 e. The van der Waals surface area contributed by atoms with Gasteiger partial charge in [0.15, 0.2) is 0 Å². The van der Waals surface area contributed by atoms with Crippen LogP contribution in [-0.4, -0.2) is 53.6 Å². The normalized spacial score (nSPS) is 16.2. The SMILES string of the molecule is Cc1ccc(S(=O)(=O)N2CCN(Cn3nc(-c4ccccc4)oc3=S)CC2)cc1. The zero-order chi connectivity index (χ0) is 20.4. The van der Waals surface area contributed by atoms with E-state index in [1.54, 1.807) is 16.8 Å².